The van der Waals surface area contributed by atoms with Crippen LogP contribution in [0.5, 0.6) is 23.0 Å². The maximum atomic E-state index is 12.5. The minimum Gasteiger partial charge on any atom is -0.507 e. The topological polar surface area (TPSA) is 58.9 Å². The van der Waals surface area contributed by atoms with Crippen molar-refractivity contribution in [3.63, 3.8) is 0 Å². The third kappa shape index (κ3) is 10.3. The van der Waals surface area contributed by atoms with Crippen LogP contribution in [0.15, 0.2) is 106 Å². The zero-order valence-corrected chi connectivity index (χ0v) is 40.6. The van der Waals surface area contributed by atoms with Crippen LogP contribution < -0.4 is 9.47 Å². The summed E-state index contributed by atoms with van der Waals surface area (Å²) in [5, 5.41) is 24.8. The van der Waals surface area contributed by atoms with Crippen LogP contribution in [0, 0.1) is 27.7 Å². The van der Waals surface area contributed by atoms with Gasteiger partial charge < -0.3 is 19.7 Å². The highest BCUT2D eigenvalue weighted by Gasteiger charge is 2.28. The van der Waals surface area contributed by atoms with Gasteiger partial charge >= 0.3 is 0 Å². The van der Waals surface area contributed by atoms with E-state index in [0.29, 0.717) is 31.1 Å². The Morgan fingerprint density at radius 2 is 0.970 bits per heavy atom. The molecule has 4 heteroatoms. The molecule has 0 unspecified atom stereocenters. The number of rotatable bonds is 10. The van der Waals surface area contributed by atoms with Crippen LogP contribution in [-0.2, 0) is 0 Å². The Kier molecular flexibility index (Phi) is 14.7. The summed E-state index contributed by atoms with van der Waals surface area (Å²) in [6.07, 6.45) is 30.5. The van der Waals surface area contributed by atoms with Gasteiger partial charge in [0.1, 0.15) is 23.0 Å². The molecule has 4 nitrogen and oxygen atoms in total. The van der Waals surface area contributed by atoms with Gasteiger partial charge in [-0.1, -0.05) is 65.8 Å². The molecule has 2 N–H and O–H groups in total. The Labute approximate surface area is 396 Å². The van der Waals surface area contributed by atoms with E-state index in [-0.39, 0.29) is 0 Å². The molecule has 2 fully saturated rings. The quantitative estimate of drug-likeness (QED) is 0.156. The second-order valence-electron chi connectivity index (χ2n) is 20.4. The van der Waals surface area contributed by atoms with E-state index < -0.39 is 0 Å². The molecule has 9 rings (SSSR count). The molecule has 346 valence electrons. The van der Waals surface area contributed by atoms with Crippen molar-refractivity contribution in [2.45, 2.75) is 169 Å². The smallest absolute Gasteiger partial charge is 0.131 e. The molecule has 0 aliphatic heterocycles. The predicted molar refractivity (Wildman–Crippen MR) is 276 cm³/mol. The molecule has 4 aromatic rings. The Balaban J connectivity index is 0.967. The van der Waals surface area contributed by atoms with Crippen LogP contribution in [0.1, 0.15) is 175 Å². The van der Waals surface area contributed by atoms with Gasteiger partial charge in [-0.25, -0.2) is 0 Å². The highest BCUT2D eigenvalue weighted by Crippen LogP contribution is 2.50. The summed E-state index contributed by atoms with van der Waals surface area (Å²) >= 11 is 0. The SMILES string of the molecule is Cc1ccc(OCCCOc2ccc(C)cc2-c2cc(C)cc(/C3=C4\CCCC/C(=C/C5=C3CCCC5)CC4)c2O)c(-c2cc(C)cc(/C3=C4\CCCCC\C4=C\CCCCCC3)c2O)c1. The number of aryl methyl sites for hydroxylation is 4. The van der Waals surface area contributed by atoms with Crippen molar-refractivity contribution < 1.29 is 19.7 Å². The number of allylic oxidation sites excluding steroid dienone is 10. The number of phenols is 2. The Morgan fingerprint density at radius 3 is 1.70 bits per heavy atom. The summed E-state index contributed by atoms with van der Waals surface area (Å²) < 4.78 is 13.3. The molecule has 5 aliphatic rings. The van der Waals surface area contributed by atoms with Gasteiger partial charge in [-0.05, 0) is 236 Å². The van der Waals surface area contributed by atoms with E-state index in [4.69, 9.17) is 9.47 Å². The molecule has 0 radical (unpaired) electrons. The first-order valence-corrected chi connectivity index (χ1v) is 25.9. The lowest BCUT2D eigenvalue weighted by atomic mass is 9.75. The van der Waals surface area contributed by atoms with Crippen molar-refractivity contribution in [1.29, 1.82) is 0 Å². The Morgan fingerprint density at radius 1 is 0.439 bits per heavy atom. The highest BCUT2D eigenvalue weighted by atomic mass is 16.5. The van der Waals surface area contributed by atoms with E-state index in [1.165, 1.54) is 110 Å². The molecule has 0 heterocycles. The third-order valence-corrected chi connectivity index (χ3v) is 15.2. The summed E-state index contributed by atoms with van der Waals surface area (Å²) in [7, 11) is 0. The van der Waals surface area contributed by atoms with E-state index in [2.05, 4.69) is 101 Å². The van der Waals surface area contributed by atoms with E-state index in [9.17, 15) is 10.2 Å². The normalized spacial score (nSPS) is 22.3. The molecule has 0 atom stereocenters. The summed E-state index contributed by atoms with van der Waals surface area (Å²) in [4.78, 5) is 0. The van der Waals surface area contributed by atoms with E-state index in [1.807, 2.05) is 0 Å². The summed E-state index contributed by atoms with van der Waals surface area (Å²) in [5.41, 5.74) is 21.9. The molecule has 0 amide bonds. The van der Waals surface area contributed by atoms with Gasteiger partial charge in [0.2, 0.25) is 0 Å². The number of phenolic OH excluding ortho intramolecular Hbond substituents is 2. The van der Waals surface area contributed by atoms with Crippen LogP contribution in [0.3, 0.4) is 0 Å². The predicted octanol–water partition coefficient (Wildman–Crippen LogP) is 17.4. The standard InChI is InChI=1S/C62H74O4/c1-41-26-30-58(52(34-41)55-37-43(3)36-54(61(55)63)51-25-11-7-5-6-9-19-46-20-10-8-12-23-49(46)51)65-32-17-33-66-59-31-27-42(2)35-53(59)56-38-44(4)39-57(62(56)64)60-47-21-14-13-18-45(28-29-47)40-48-22-15-16-24-50(48)60/h19,26-27,30-31,34-40,63-64H,5-18,20-25,28-29,32-33H2,1-4H3/b45-40-,46-19-,51-49+,60-47+. The lowest BCUT2D eigenvalue weighted by Gasteiger charge is -2.30. The van der Waals surface area contributed by atoms with Gasteiger partial charge in [0, 0.05) is 39.8 Å². The average molecular weight is 883 g/mol. The number of aromatic hydroxyl groups is 2. The number of ether oxygens (including phenoxy) is 2. The number of benzene rings is 4. The number of hydrogen-bond acceptors (Lipinski definition) is 4. The lowest BCUT2D eigenvalue weighted by Crippen LogP contribution is -2.09. The molecule has 2 saturated carbocycles. The highest BCUT2D eigenvalue weighted by molar-refractivity contribution is 5.91. The van der Waals surface area contributed by atoms with E-state index in [1.54, 1.807) is 5.57 Å². The van der Waals surface area contributed by atoms with Gasteiger partial charge in [0.25, 0.3) is 0 Å². The summed E-state index contributed by atoms with van der Waals surface area (Å²) in [5.74, 6) is 2.28. The summed E-state index contributed by atoms with van der Waals surface area (Å²) in [6.45, 7) is 9.48. The first-order valence-electron chi connectivity index (χ1n) is 25.9. The maximum absolute atomic E-state index is 12.5. The van der Waals surface area contributed by atoms with E-state index in [0.717, 1.165) is 131 Å². The second-order valence-corrected chi connectivity index (χ2v) is 20.4. The van der Waals surface area contributed by atoms with Crippen LogP contribution in [0.25, 0.3) is 33.4 Å². The average Bonchev–Trinajstić information content (AvgIpc) is 3.54. The molecular formula is C62H74O4. The van der Waals surface area contributed by atoms with Crippen LogP contribution in [-0.4, -0.2) is 23.4 Å². The second kappa shape index (κ2) is 21.2. The monoisotopic (exact) mass is 883 g/mol. The largest absolute Gasteiger partial charge is 0.507 e. The van der Waals surface area contributed by atoms with Crippen molar-refractivity contribution in [1.82, 2.24) is 0 Å². The number of fused-ring (bicyclic) bond motifs is 4. The molecule has 0 spiro atoms. The molecule has 66 heavy (non-hydrogen) atoms. The third-order valence-electron chi connectivity index (χ3n) is 15.2. The van der Waals surface area contributed by atoms with Crippen molar-refractivity contribution in [3.8, 4) is 45.3 Å². The van der Waals surface area contributed by atoms with Crippen LogP contribution >= 0.6 is 0 Å². The molecule has 5 aliphatic carbocycles. The molecular weight excluding hydrogens is 809 g/mol. The molecule has 0 saturated heterocycles. The van der Waals surface area contributed by atoms with E-state index >= 15 is 0 Å². The van der Waals surface area contributed by atoms with Gasteiger partial charge in [0.05, 0.1) is 13.2 Å². The molecule has 2 bridgehead atoms. The number of hydrogen-bond donors (Lipinski definition) is 2. The summed E-state index contributed by atoms with van der Waals surface area (Å²) in [6, 6.07) is 21.4. The maximum Gasteiger partial charge on any atom is 0.131 e. The van der Waals surface area contributed by atoms with Gasteiger partial charge in [-0.15, -0.1) is 0 Å². The Bertz CT molecular complexity index is 2610. The van der Waals surface area contributed by atoms with Gasteiger partial charge in [0.15, 0.2) is 0 Å². The van der Waals surface area contributed by atoms with Crippen molar-refractivity contribution in [3.05, 3.63) is 140 Å². The first-order chi connectivity index (χ1) is 32.2. The van der Waals surface area contributed by atoms with Crippen molar-refractivity contribution in [2.75, 3.05) is 13.2 Å². The zero-order valence-electron chi connectivity index (χ0n) is 40.6. The zero-order chi connectivity index (χ0) is 45.6. The lowest BCUT2D eigenvalue weighted by molar-refractivity contribution is 0.248. The van der Waals surface area contributed by atoms with Gasteiger partial charge in [-0.2, -0.15) is 0 Å². The van der Waals surface area contributed by atoms with Crippen molar-refractivity contribution >= 4 is 11.1 Å². The minimum atomic E-state index is 0.365. The molecule has 4 aromatic carbocycles. The fourth-order valence-electron chi connectivity index (χ4n) is 11.8. The first kappa shape index (κ1) is 45.9. The Hall–Kier alpha value is -5.22. The fourth-order valence-corrected chi connectivity index (χ4v) is 11.8. The minimum absolute atomic E-state index is 0.365. The van der Waals surface area contributed by atoms with Crippen LogP contribution in [0.4, 0.5) is 0 Å². The van der Waals surface area contributed by atoms with Crippen LogP contribution in [0.2, 0.25) is 0 Å². The molecule has 0 aromatic heterocycles. The van der Waals surface area contributed by atoms with Gasteiger partial charge in [-0.3, -0.25) is 0 Å². The van der Waals surface area contributed by atoms with Crippen molar-refractivity contribution in [2.24, 2.45) is 0 Å². The fraction of sp³-hybridized carbons (Fsp3) is 0.452.